The van der Waals surface area contributed by atoms with Crippen molar-refractivity contribution in [1.82, 2.24) is 25.3 Å². The van der Waals surface area contributed by atoms with Crippen molar-refractivity contribution >= 4 is 63.4 Å². The molecule has 2 atom stereocenters. The lowest BCUT2D eigenvalue weighted by Gasteiger charge is -2.31. The second-order valence-corrected chi connectivity index (χ2v) is 14.3. The lowest BCUT2D eigenvalue weighted by atomic mass is 9.85. The van der Waals surface area contributed by atoms with Crippen LogP contribution in [-0.2, 0) is 13.6 Å². The number of aryl methyl sites for hydroxylation is 3. The summed E-state index contributed by atoms with van der Waals surface area (Å²) in [5.74, 6) is 0.0850. The number of nitrogens with zero attached hydrogens (tertiary/aromatic N) is 4. The Balaban J connectivity index is 1.14. The lowest BCUT2D eigenvalue weighted by molar-refractivity contribution is -0.182. The molecule has 2 saturated carbocycles. The minimum Gasteiger partial charge on any atom is -0.370 e. The van der Waals surface area contributed by atoms with E-state index in [1.807, 2.05) is 17.7 Å². The zero-order valence-electron chi connectivity index (χ0n) is 27.2. The van der Waals surface area contributed by atoms with Crippen LogP contribution < -0.4 is 20.9 Å². The van der Waals surface area contributed by atoms with Gasteiger partial charge in [0.1, 0.15) is 11.3 Å². The molecule has 15 heteroatoms. The van der Waals surface area contributed by atoms with Crippen molar-refractivity contribution in [1.29, 1.82) is 0 Å². The van der Waals surface area contributed by atoms with Crippen LogP contribution in [-0.4, -0.2) is 51.8 Å². The molecular weight excluding hydrogens is 682 g/mol. The summed E-state index contributed by atoms with van der Waals surface area (Å²) < 4.78 is 46.7. The predicted molar refractivity (Wildman–Crippen MR) is 181 cm³/mol. The fourth-order valence-corrected chi connectivity index (χ4v) is 7.77. The van der Waals surface area contributed by atoms with E-state index in [0.29, 0.717) is 67.2 Å². The molecule has 0 spiro atoms. The van der Waals surface area contributed by atoms with Crippen LogP contribution >= 0.6 is 23.2 Å². The highest BCUT2D eigenvalue weighted by Gasteiger charge is 2.46. The van der Waals surface area contributed by atoms with Gasteiger partial charge in [0.05, 0.1) is 49.6 Å². The molecule has 2 aromatic heterocycles. The molecule has 3 fully saturated rings. The van der Waals surface area contributed by atoms with E-state index in [-0.39, 0.29) is 50.1 Å². The molecule has 0 bridgehead atoms. The van der Waals surface area contributed by atoms with Gasteiger partial charge in [0, 0.05) is 32.7 Å². The Bertz CT molecular complexity index is 1920. The van der Waals surface area contributed by atoms with Gasteiger partial charge in [-0.3, -0.25) is 9.59 Å². The molecule has 0 radical (unpaired) electrons. The Hall–Kier alpha value is -3.97. The Morgan fingerprint density at radius 3 is 2.41 bits per heavy atom. The normalized spacial score (nSPS) is 21.9. The number of halogens is 5. The number of imidazole rings is 1. The molecule has 7 rings (SSSR count). The second-order valence-electron chi connectivity index (χ2n) is 13.5. The van der Waals surface area contributed by atoms with E-state index in [4.69, 9.17) is 32.7 Å². The number of amides is 2. The Morgan fingerprint density at radius 2 is 1.76 bits per heavy atom. The van der Waals surface area contributed by atoms with E-state index in [1.54, 1.807) is 32.0 Å². The van der Waals surface area contributed by atoms with Crippen LogP contribution in [0.15, 0.2) is 28.8 Å². The first-order valence-corrected chi connectivity index (χ1v) is 17.1. The highest BCUT2D eigenvalue weighted by atomic mass is 35.5. The number of nitrogens with one attached hydrogen (secondary N) is 3. The van der Waals surface area contributed by atoms with E-state index in [0.717, 1.165) is 24.3 Å². The van der Waals surface area contributed by atoms with Gasteiger partial charge in [0.15, 0.2) is 0 Å². The molecule has 4 aromatic rings. The first-order chi connectivity index (χ1) is 23.3. The van der Waals surface area contributed by atoms with Crippen molar-refractivity contribution in [2.24, 2.45) is 24.8 Å². The first-order valence-electron chi connectivity index (χ1n) is 16.4. The van der Waals surface area contributed by atoms with Crippen molar-refractivity contribution in [2.45, 2.75) is 64.7 Å². The summed E-state index contributed by atoms with van der Waals surface area (Å²) in [5.41, 5.74) is 4.43. The van der Waals surface area contributed by atoms with E-state index >= 15 is 0 Å². The number of hydrogen-bond acceptors (Lipinski definition) is 7. The molecule has 2 aromatic carbocycles. The largest absolute Gasteiger partial charge is 0.391 e. The standard InChI is InChI=1S/C34H36Cl2F3N7O3/c1-16-28(17(2)49-44-16)32(48)40-13-18-4-9-24(35)30(29(18)36)43-33-42-25-11-23(31(47)41-22-7-5-21(6-8-22)34(37,38)39)26(12-27(25)45(33)3)46-14-19-10-20(19)15-46/h4,9,11-12,19-22H,5-8,10,13-15H2,1-3H3,(H,40,48)(H,41,47)(H,42,43). The summed E-state index contributed by atoms with van der Waals surface area (Å²) in [5, 5.41) is 13.6. The van der Waals surface area contributed by atoms with Gasteiger partial charge in [-0.25, -0.2) is 4.98 Å². The van der Waals surface area contributed by atoms with Crippen molar-refractivity contribution < 1.29 is 27.3 Å². The summed E-state index contributed by atoms with van der Waals surface area (Å²) in [6.07, 6.45) is -2.45. The number of aromatic nitrogens is 3. The van der Waals surface area contributed by atoms with Crippen molar-refractivity contribution in [2.75, 3.05) is 23.3 Å². The van der Waals surface area contributed by atoms with Crippen LogP contribution in [0, 0.1) is 31.6 Å². The zero-order valence-corrected chi connectivity index (χ0v) is 28.7. The summed E-state index contributed by atoms with van der Waals surface area (Å²) in [4.78, 5) is 33.6. The maximum absolute atomic E-state index is 13.8. The average Bonchev–Trinajstić information content (AvgIpc) is 3.34. The summed E-state index contributed by atoms with van der Waals surface area (Å²) in [6.45, 7) is 5.18. The summed E-state index contributed by atoms with van der Waals surface area (Å²) in [6, 6.07) is 6.79. The highest BCUT2D eigenvalue weighted by Crippen LogP contribution is 2.47. The quantitative estimate of drug-likeness (QED) is 0.173. The Labute approximate surface area is 290 Å². The van der Waals surface area contributed by atoms with Gasteiger partial charge in [-0.1, -0.05) is 34.4 Å². The van der Waals surface area contributed by atoms with E-state index < -0.39 is 12.1 Å². The highest BCUT2D eigenvalue weighted by molar-refractivity contribution is 6.39. The number of hydrogen-bond donors (Lipinski definition) is 3. The molecule has 3 heterocycles. The number of piperidine rings is 1. The van der Waals surface area contributed by atoms with Crippen LogP contribution in [0.25, 0.3) is 11.0 Å². The Morgan fingerprint density at radius 1 is 1.04 bits per heavy atom. The summed E-state index contributed by atoms with van der Waals surface area (Å²) in [7, 11) is 1.84. The SMILES string of the molecule is Cc1noc(C)c1C(=O)NCc1ccc(Cl)c(Nc2nc3cc(C(=O)NC4CCC(C(F)(F)F)CC4)c(N4CC5CC5C4)cc3n2C)c1Cl. The van der Waals surface area contributed by atoms with Gasteiger partial charge < -0.3 is 29.9 Å². The molecule has 10 nitrogen and oxygen atoms in total. The van der Waals surface area contributed by atoms with Gasteiger partial charge in [-0.05, 0) is 81.5 Å². The fraction of sp³-hybridized carbons (Fsp3) is 0.471. The number of alkyl halides is 3. The smallest absolute Gasteiger partial charge is 0.370 e. The number of carbonyl (C=O) groups excluding carboxylic acids is 2. The number of benzene rings is 2. The van der Waals surface area contributed by atoms with E-state index in [2.05, 4.69) is 26.0 Å². The predicted octanol–water partition coefficient (Wildman–Crippen LogP) is 7.47. The van der Waals surface area contributed by atoms with E-state index in [9.17, 15) is 22.8 Å². The van der Waals surface area contributed by atoms with Gasteiger partial charge in [-0.2, -0.15) is 13.2 Å². The number of anilines is 3. The van der Waals surface area contributed by atoms with Crippen molar-refractivity contribution in [3.05, 3.63) is 62.5 Å². The minimum atomic E-state index is -4.21. The monoisotopic (exact) mass is 717 g/mol. The fourth-order valence-electron chi connectivity index (χ4n) is 7.24. The number of carbonyl (C=O) groups is 2. The second kappa shape index (κ2) is 12.7. The average molecular weight is 719 g/mol. The molecule has 1 aliphatic heterocycles. The van der Waals surface area contributed by atoms with Crippen molar-refractivity contribution in [3.8, 4) is 0 Å². The molecule has 3 aliphatic rings. The Kier molecular flexibility index (Phi) is 8.71. The van der Waals surface area contributed by atoms with Gasteiger partial charge in [0.25, 0.3) is 11.8 Å². The lowest BCUT2D eigenvalue weighted by Crippen LogP contribution is -2.40. The minimum absolute atomic E-state index is 0.00495. The molecule has 2 amide bonds. The van der Waals surface area contributed by atoms with Gasteiger partial charge in [0.2, 0.25) is 5.95 Å². The number of fused-ring (bicyclic) bond motifs is 2. The molecule has 3 N–H and O–H groups in total. The molecule has 2 aliphatic carbocycles. The topological polar surface area (TPSA) is 117 Å². The van der Waals surface area contributed by atoms with Crippen LogP contribution in [0.1, 0.15) is 69.8 Å². The third kappa shape index (κ3) is 6.54. The molecule has 2 unspecified atom stereocenters. The third-order valence-electron chi connectivity index (χ3n) is 10.2. The first kappa shape index (κ1) is 33.5. The maximum atomic E-state index is 13.8. The molecule has 1 saturated heterocycles. The molecule has 49 heavy (non-hydrogen) atoms. The third-order valence-corrected chi connectivity index (χ3v) is 10.9. The van der Waals surface area contributed by atoms with Crippen molar-refractivity contribution in [3.63, 3.8) is 0 Å². The van der Waals surface area contributed by atoms with Crippen LogP contribution in [0.4, 0.5) is 30.5 Å². The van der Waals surface area contributed by atoms with Gasteiger partial charge in [-0.15, -0.1) is 0 Å². The molecular formula is C34H36Cl2F3N7O3. The van der Waals surface area contributed by atoms with Gasteiger partial charge >= 0.3 is 6.18 Å². The number of rotatable bonds is 8. The maximum Gasteiger partial charge on any atom is 0.391 e. The zero-order chi connectivity index (χ0) is 34.8. The summed E-state index contributed by atoms with van der Waals surface area (Å²) >= 11 is 13.4. The van der Waals surface area contributed by atoms with Crippen LogP contribution in [0.5, 0.6) is 0 Å². The van der Waals surface area contributed by atoms with E-state index in [1.165, 1.54) is 6.42 Å². The molecule has 260 valence electrons. The van der Waals surface area contributed by atoms with Crippen LogP contribution in [0.2, 0.25) is 10.0 Å². The van der Waals surface area contributed by atoms with Crippen LogP contribution in [0.3, 0.4) is 0 Å².